The molecule has 0 aliphatic carbocycles. The van der Waals surface area contributed by atoms with Crippen molar-refractivity contribution in [3.63, 3.8) is 0 Å². The van der Waals surface area contributed by atoms with Crippen LogP contribution in [0.1, 0.15) is 12.5 Å². The Morgan fingerprint density at radius 1 is 1.00 bits per heavy atom. The standard InChI is InChI=1S/C25H20F3N3O2S/c1-16(22(32)30(2)18-10-4-3-5-11-18)34-24-29-21-14-7-6-13-20(21)23(33)31(24)19-12-8-9-17(15-19)25(26,27)28/h3-16H,1-2H3/t16-/m1/s1. The molecule has 1 heterocycles. The lowest BCUT2D eigenvalue weighted by Crippen LogP contribution is -2.33. The molecule has 0 bridgehead atoms. The van der Waals surface area contributed by atoms with Crippen LogP contribution < -0.4 is 10.5 Å². The summed E-state index contributed by atoms with van der Waals surface area (Å²) < 4.78 is 41.2. The zero-order valence-electron chi connectivity index (χ0n) is 18.3. The summed E-state index contributed by atoms with van der Waals surface area (Å²) in [6.45, 7) is 1.67. The molecule has 0 radical (unpaired) electrons. The number of alkyl halides is 3. The predicted molar refractivity (Wildman–Crippen MR) is 128 cm³/mol. The number of anilines is 1. The van der Waals surface area contributed by atoms with Crippen LogP contribution in [-0.2, 0) is 11.0 Å². The van der Waals surface area contributed by atoms with Gasteiger partial charge >= 0.3 is 6.18 Å². The zero-order chi connectivity index (χ0) is 24.5. The third-order valence-corrected chi connectivity index (χ3v) is 6.32. The monoisotopic (exact) mass is 483 g/mol. The summed E-state index contributed by atoms with van der Waals surface area (Å²) in [5.41, 5.74) is -0.273. The molecule has 0 aliphatic heterocycles. The lowest BCUT2D eigenvalue weighted by Gasteiger charge is -2.22. The van der Waals surface area contributed by atoms with E-state index in [-0.39, 0.29) is 22.1 Å². The van der Waals surface area contributed by atoms with Crippen molar-refractivity contribution >= 4 is 34.3 Å². The number of carbonyl (C=O) groups excluding carboxylic acids is 1. The largest absolute Gasteiger partial charge is 0.416 e. The summed E-state index contributed by atoms with van der Waals surface area (Å²) in [6.07, 6.45) is -4.57. The Balaban J connectivity index is 1.80. The Morgan fingerprint density at radius 3 is 2.38 bits per heavy atom. The molecule has 0 saturated heterocycles. The van der Waals surface area contributed by atoms with Crippen LogP contribution in [0.4, 0.5) is 18.9 Å². The van der Waals surface area contributed by atoms with E-state index in [2.05, 4.69) is 4.98 Å². The van der Waals surface area contributed by atoms with Gasteiger partial charge in [-0.25, -0.2) is 4.98 Å². The maximum Gasteiger partial charge on any atom is 0.416 e. The summed E-state index contributed by atoms with van der Waals surface area (Å²) in [5, 5.41) is -0.273. The Labute approximate surface area is 197 Å². The minimum Gasteiger partial charge on any atom is -0.315 e. The van der Waals surface area contributed by atoms with Crippen LogP contribution in [0, 0.1) is 0 Å². The average Bonchev–Trinajstić information content (AvgIpc) is 2.83. The van der Waals surface area contributed by atoms with Crippen LogP contribution >= 0.6 is 11.8 Å². The first-order chi connectivity index (χ1) is 16.2. The summed E-state index contributed by atoms with van der Waals surface area (Å²) in [6, 6.07) is 20.2. The van der Waals surface area contributed by atoms with Crippen LogP contribution in [-0.4, -0.2) is 27.8 Å². The molecule has 1 amide bonds. The Kier molecular flexibility index (Phi) is 6.47. The third kappa shape index (κ3) is 4.70. The predicted octanol–water partition coefficient (Wildman–Crippen LogP) is 5.55. The van der Waals surface area contributed by atoms with Gasteiger partial charge in [0.15, 0.2) is 5.16 Å². The molecule has 4 aromatic rings. The van der Waals surface area contributed by atoms with E-state index in [4.69, 9.17) is 0 Å². The van der Waals surface area contributed by atoms with E-state index < -0.39 is 22.5 Å². The number of aromatic nitrogens is 2. The summed E-state index contributed by atoms with van der Waals surface area (Å²) in [5.74, 6) is -0.241. The van der Waals surface area contributed by atoms with Crippen molar-refractivity contribution in [2.24, 2.45) is 0 Å². The summed E-state index contributed by atoms with van der Waals surface area (Å²) >= 11 is 1.02. The van der Waals surface area contributed by atoms with E-state index in [1.165, 1.54) is 17.0 Å². The van der Waals surface area contributed by atoms with Gasteiger partial charge in [-0.2, -0.15) is 13.2 Å². The van der Waals surface area contributed by atoms with E-state index in [0.29, 0.717) is 11.2 Å². The molecule has 0 fully saturated rings. The second kappa shape index (κ2) is 9.34. The van der Waals surface area contributed by atoms with E-state index >= 15 is 0 Å². The molecule has 34 heavy (non-hydrogen) atoms. The van der Waals surface area contributed by atoms with Crippen molar-refractivity contribution in [1.82, 2.24) is 9.55 Å². The average molecular weight is 484 g/mol. The Hall–Kier alpha value is -3.59. The maximum absolute atomic E-state index is 13.4. The quantitative estimate of drug-likeness (QED) is 0.276. The SMILES string of the molecule is C[C@@H](Sc1nc2ccccc2c(=O)n1-c1cccc(C(F)(F)F)c1)C(=O)N(C)c1ccccc1. The normalized spacial score (nSPS) is 12.5. The summed E-state index contributed by atoms with van der Waals surface area (Å²) in [4.78, 5) is 32.4. The fraction of sp³-hybridized carbons (Fsp3) is 0.160. The topological polar surface area (TPSA) is 55.2 Å². The number of nitrogens with zero attached hydrogens (tertiary/aromatic N) is 3. The highest BCUT2D eigenvalue weighted by Gasteiger charge is 2.31. The first-order valence-corrected chi connectivity index (χ1v) is 11.2. The number of benzene rings is 3. The molecule has 9 heteroatoms. The van der Waals surface area contributed by atoms with Gasteiger partial charge in [0.2, 0.25) is 5.91 Å². The summed E-state index contributed by atoms with van der Waals surface area (Å²) in [7, 11) is 1.64. The molecule has 1 aromatic heterocycles. The van der Waals surface area contributed by atoms with Crippen molar-refractivity contribution in [3.8, 4) is 5.69 Å². The lowest BCUT2D eigenvalue weighted by atomic mass is 10.2. The van der Waals surface area contributed by atoms with Crippen LogP contribution in [0.25, 0.3) is 16.6 Å². The molecular formula is C25H20F3N3O2S. The van der Waals surface area contributed by atoms with Gasteiger partial charge in [-0.1, -0.05) is 48.2 Å². The number of para-hydroxylation sites is 2. The molecule has 0 spiro atoms. The van der Waals surface area contributed by atoms with E-state index in [1.54, 1.807) is 50.4 Å². The molecule has 174 valence electrons. The van der Waals surface area contributed by atoms with Gasteiger partial charge in [0.25, 0.3) is 5.56 Å². The molecule has 4 rings (SSSR count). The number of thioether (sulfide) groups is 1. The lowest BCUT2D eigenvalue weighted by molar-refractivity contribution is -0.137. The van der Waals surface area contributed by atoms with Crippen molar-refractivity contribution in [3.05, 3.63) is 94.8 Å². The number of carbonyl (C=O) groups is 1. The van der Waals surface area contributed by atoms with Gasteiger partial charge in [-0.3, -0.25) is 14.2 Å². The number of halogens is 3. The second-order valence-electron chi connectivity index (χ2n) is 7.59. The molecule has 3 aromatic carbocycles. The van der Waals surface area contributed by atoms with Crippen molar-refractivity contribution < 1.29 is 18.0 Å². The van der Waals surface area contributed by atoms with Gasteiger partial charge in [0, 0.05) is 12.7 Å². The zero-order valence-corrected chi connectivity index (χ0v) is 19.1. The molecule has 0 unspecified atom stereocenters. The maximum atomic E-state index is 13.4. The molecule has 5 nitrogen and oxygen atoms in total. The number of fused-ring (bicyclic) bond motifs is 1. The van der Waals surface area contributed by atoms with E-state index in [1.807, 2.05) is 18.2 Å². The van der Waals surface area contributed by atoms with Gasteiger partial charge in [0.1, 0.15) is 0 Å². The van der Waals surface area contributed by atoms with Gasteiger partial charge < -0.3 is 4.90 Å². The Morgan fingerprint density at radius 2 is 1.68 bits per heavy atom. The minimum atomic E-state index is -4.57. The highest BCUT2D eigenvalue weighted by Crippen LogP contribution is 2.32. The van der Waals surface area contributed by atoms with Crippen molar-refractivity contribution in [2.45, 2.75) is 23.5 Å². The number of hydrogen-bond donors (Lipinski definition) is 0. The highest BCUT2D eigenvalue weighted by molar-refractivity contribution is 8.00. The van der Waals surface area contributed by atoms with Crippen LogP contribution in [0.2, 0.25) is 0 Å². The second-order valence-corrected chi connectivity index (χ2v) is 8.90. The fourth-order valence-electron chi connectivity index (χ4n) is 3.50. The van der Waals surface area contributed by atoms with Gasteiger partial charge in [-0.15, -0.1) is 0 Å². The number of rotatable bonds is 5. The first kappa shape index (κ1) is 23.6. The Bertz CT molecular complexity index is 1400. The van der Waals surface area contributed by atoms with Crippen molar-refractivity contribution in [2.75, 3.05) is 11.9 Å². The first-order valence-electron chi connectivity index (χ1n) is 10.4. The van der Waals surface area contributed by atoms with Crippen LogP contribution in [0.15, 0.2) is 88.8 Å². The smallest absolute Gasteiger partial charge is 0.315 e. The molecule has 0 saturated carbocycles. The van der Waals surface area contributed by atoms with Crippen LogP contribution in [0.3, 0.4) is 0 Å². The molecule has 0 N–H and O–H groups in total. The van der Waals surface area contributed by atoms with Crippen molar-refractivity contribution in [1.29, 1.82) is 0 Å². The van der Waals surface area contributed by atoms with E-state index in [0.717, 1.165) is 28.5 Å². The highest BCUT2D eigenvalue weighted by atomic mass is 32.2. The fourth-order valence-corrected chi connectivity index (χ4v) is 4.52. The van der Waals surface area contributed by atoms with Gasteiger partial charge in [0.05, 0.1) is 27.4 Å². The number of hydrogen-bond acceptors (Lipinski definition) is 4. The molecular weight excluding hydrogens is 463 g/mol. The van der Waals surface area contributed by atoms with Gasteiger partial charge in [-0.05, 0) is 49.4 Å². The molecule has 0 aliphatic rings. The third-order valence-electron chi connectivity index (χ3n) is 5.28. The number of amides is 1. The minimum absolute atomic E-state index is 0.0247. The molecule has 1 atom stereocenters. The van der Waals surface area contributed by atoms with E-state index in [9.17, 15) is 22.8 Å². The van der Waals surface area contributed by atoms with Crippen LogP contribution in [0.5, 0.6) is 0 Å².